The SMILES string of the molecule is COc1ccc(C2=N/C(=C/c3ccc4c(c3)OCO4)C(=O)N2)cc1. The number of ether oxygens (including phenoxy) is 3. The van der Waals surface area contributed by atoms with Crippen molar-refractivity contribution in [3.8, 4) is 17.2 Å². The normalized spacial score (nSPS) is 17.0. The summed E-state index contributed by atoms with van der Waals surface area (Å²) in [6.07, 6.45) is 1.72. The minimum absolute atomic E-state index is 0.218. The van der Waals surface area contributed by atoms with Gasteiger partial charge in [0.2, 0.25) is 6.79 Å². The number of aliphatic imine (C=N–C) groups is 1. The van der Waals surface area contributed by atoms with Gasteiger partial charge in [-0.15, -0.1) is 0 Å². The van der Waals surface area contributed by atoms with Crippen LogP contribution in [0.25, 0.3) is 6.08 Å². The van der Waals surface area contributed by atoms with E-state index >= 15 is 0 Å². The molecule has 0 radical (unpaired) electrons. The number of amides is 1. The molecular weight excluding hydrogens is 308 g/mol. The third-order valence-corrected chi connectivity index (χ3v) is 3.76. The van der Waals surface area contributed by atoms with Crippen LogP contribution in [-0.4, -0.2) is 25.6 Å². The Labute approximate surface area is 138 Å². The quantitative estimate of drug-likeness (QED) is 0.881. The van der Waals surface area contributed by atoms with E-state index in [0.717, 1.165) is 16.9 Å². The van der Waals surface area contributed by atoms with Crippen LogP contribution < -0.4 is 19.5 Å². The van der Waals surface area contributed by atoms with Crippen LogP contribution in [0, 0.1) is 0 Å². The Morgan fingerprint density at radius 1 is 1.12 bits per heavy atom. The predicted octanol–water partition coefficient (Wildman–Crippen LogP) is 2.34. The Hall–Kier alpha value is -3.28. The van der Waals surface area contributed by atoms with Gasteiger partial charge in [0.25, 0.3) is 5.91 Å². The van der Waals surface area contributed by atoms with Crippen LogP contribution >= 0.6 is 0 Å². The van der Waals surface area contributed by atoms with E-state index in [-0.39, 0.29) is 12.7 Å². The number of rotatable bonds is 3. The number of methoxy groups -OCH3 is 1. The second-order valence-corrected chi connectivity index (χ2v) is 5.29. The zero-order valence-electron chi connectivity index (χ0n) is 12.9. The first-order valence-electron chi connectivity index (χ1n) is 7.39. The van der Waals surface area contributed by atoms with Crippen molar-refractivity contribution in [2.45, 2.75) is 0 Å². The molecule has 0 fully saturated rings. The maximum atomic E-state index is 12.1. The van der Waals surface area contributed by atoms with E-state index in [2.05, 4.69) is 10.3 Å². The zero-order chi connectivity index (χ0) is 16.5. The van der Waals surface area contributed by atoms with Gasteiger partial charge < -0.3 is 19.5 Å². The predicted molar refractivity (Wildman–Crippen MR) is 88.2 cm³/mol. The molecule has 24 heavy (non-hydrogen) atoms. The second kappa shape index (κ2) is 5.73. The molecule has 1 amide bonds. The molecule has 0 spiro atoms. The lowest BCUT2D eigenvalue weighted by molar-refractivity contribution is -0.115. The zero-order valence-corrected chi connectivity index (χ0v) is 12.9. The standard InChI is InChI=1S/C18H14N2O4/c1-22-13-5-3-12(4-6-13)17-19-14(18(21)20-17)8-11-2-7-15-16(9-11)24-10-23-15/h2-9H,10H2,1H3,(H,19,20,21)/b14-8+. The van der Waals surface area contributed by atoms with E-state index in [1.807, 2.05) is 42.5 Å². The molecule has 2 aliphatic heterocycles. The Balaban J connectivity index is 1.63. The number of nitrogens with zero attached hydrogens (tertiary/aromatic N) is 1. The van der Waals surface area contributed by atoms with Crippen molar-refractivity contribution >= 4 is 17.8 Å². The van der Waals surface area contributed by atoms with E-state index in [0.29, 0.717) is 23.0 Å². The van der Waals surface area contributed by atoms with Crippen LogP contribution in [0.5, 0.6) is 17.2 Å². The van der Waals surface area contributed by atoms with Gasteiger partial charge in [0.05, 0.1) is 7.11 Å². The first kappa shape index (κ1) is 14.3. The summed E-state index contributed by atoms with van der Waals surface area (Å²) < 4.78 is 15.8. The number of carbonyl (C=O) groups excluding carboxylic acids is 1. The number of hydrogen-bond acceptors (Lipinski definition) is 5. The number of hydrogen-bond donors (Lipinski definition) is 1. The second-order valence-electron chi connectivity index (χ2n) is 5.29. The van der Waals surface area contributed by atoms with Gasteiger partial charge >= 0.3 is 0 Å². The van der Waals surface area contributed by atoms with Gasteiger partial charge in [-0.3, -0.25) is 4.79 Å². The maximum absolute atomic E-state index is 12.1. The molecule has 0 saturated carbocycles. The number of amidine groups is 1. The van der Waals surface area contributed by atoms with Crippen LogP contribution in [-0.2, 0) is 4.79 Å². The van der Waals surface area contributed by atoms with E-state index in [4.69, 9.17) is 14.2 Å². The summed E-state index contributed by atoms with van der Waals surface area (Å²) >= 11 is 0. The fourth-order valence-electron chi connectivity index (χ4n) is 2.51. The lowest BCUT2D eigenvalue weighted by atomic mass is 10.1. The van der Waals surface area contributed by atoms with Gasteiger partial charge in [-0.1, -0.05) is 6.07 Å². The van der Waals surface area contributed by atoms with Crippen LogP contribution in [0.3, 0.4) is 0 Å². The maximum Gasteiger partial charge on any atom is 0.275 e. The third-order valence-electron chi connectivity index (χ3n) is 3.76. The van der Waals surface area contributed by atoms with Gasteiger partial charge in [-0.05, 0) is 48.0 Å². The molecule has 2 aromatic rings. The molecule has 0 bridgehead atoms. The summed E-state index contributed by atoms with van der Waals surface area (Å²) in [5, 5.41) is 2.78. The summed E-state index contributed by atoms with van der Waals surface area (Å²) in [5.74, 6) is 2.41. The molecule has 2 aliphatic rings. The number of fused-ring (bicyclic) bond motifs is 1. The molecule has 1 N–H and O–H groups in total. The fourth-order valence-corrected chi connectivity index (χ4v) is 2.51. The Bertz CT molecular complexity index is 869. The minimum atomic E-state index is -0.238. The van der Waals surface area contributed by atoms with E-state index in [9.17, 15) is 4.79 Å². The molecule has 120 valence electrons. The highest BCUT2D eigenvalue weighted by Gasteiger charge is 2.21. The first-order valence-corrected chi connectivity index (χ1v) is 7.39. The molecule has 0 saturated heterocycles. The molecule has 4 rings (SSSR count). The third kappa shape index (κ3) is 2.58. The monoisotopic (exact) mass is 322 g/mol. The van der Waals surface area contributed by atoms with E-state index in [1.165, 1.54) is 0 Å². The summed E-state index contributed by atoms with van der Waals surface area (Å²) in [6, 6.07) is 12.8. The van der Waals surface area contributed by atoms with Crippen molar-refractivity contribution in [3.63, 3.8) is 0 Å². The van der Waals surface area contributed by atoms with Gasteiger partial charge in [-0.25, -0.2) is 4.99 Å². The van der Waals surface area contributed by atoms with Crippen molar-refractivity contribution in [3.05, 3.63) is 59.3 Å². The lowest BCUT2D eigenvalue weighted by Gasteiger charge is -2.02. The molecule has 0 unspecified atom stereocenters. The Kier molecular flexibility index (Phi) is 3.42. The van der Waals surface area contributed by atoms with Crippen molar-refractivity contribution < 1.29 is 19.0 Å². The smallest absolute Gasteiger partial charge is 0.275 e. The van der Waals surface area contributed by atoms with E-state index in [1.54, 1.807) is 13.2 Å². The molecule has 0 atom stereocenters. The summed E-state index contributed by atoms with van der Waals surface area (Å²) in [5.41, 5.74) is 1.99. The van der Waals surface area contributed by atoms with Gasteiger partial charge in [-0.2, -0.15) is 0 Å². The van der Waals surface area contributed by atoms with Crippen LogP contribution in [0.2, 0.25) is 0 Å². The average molecular weight is 322 g/mol. The minimum Gasteiger partial charge on any atom is -0.497 e. The topological polar surface area (TPSA) is 69.1 Å². The van der Waals surface area contributed by atoms with Gasteiger partial charge in [0.1, 0.15) is 17.3 Å². The molecule has 6 nitrogen and oxygen atoms in total. The molecule has 0 aliphatic carbocycles. The average Bonchev–Trinajstić information content (AvgIpc) is 3.21. The van der Waals surface area contributed by atoms with Crippen molar-refractivity contribution in [2.75, 3.05) is 13.9 Å². The highest BCUT2D eigenvalue weighted by molar-refractivity contribution is 6.19. The number of nitrogens with one attached hydrogen (secondary N) is 1. The lowest BCUT2D eigenvalue weighted by Crippen LogP contribution is -2.24. The van der Waals surface area contributed by atoms with Crippen molar-refractivity contribution in [2.24, 2.45) is 4.99 Å². The number of carbonyl (C=O) groups is 1. The van der Waals surface area contributed by atoms with Crippen LogP contribution in [0.1, 0.15) is 11.1 Å². The van der Waals surface area contributed by atoms with Crippen LogP contribution in [0.15, 0.2) is 53.2 Å². The fraction of sp³-hybridized carbons (Fsp3) is 0.111. The highest BCUT2D eigenvalue weighted by atomic mass is 16.7. The largest absolute Gasteiger partial charge is 0.497 e. The summed E-state index contributed by atoms with van der Waals surface area (Å²) in [7, 11) is 1.61. The van der Waals surface area contributed by atoms with Crippen molar-refractivity contribution in [1.29, 1.82) is 0 Å². The van der Waals surface area contributed by atoms with Crippen molar-refractivity contribution in [1.82, 2.24) is 5.32 Å². The summed E-state index contributed by atoms with van der Waals surface area (Å²) in [6.45, 7) is 0.218. The van der Waals surface area contributed by atoms with Gasteiger partial charge in [0, 0.05) is 5.56 Å². The van der Waals surface area contributed by atoms with Crippen LogP contribution in [0.4, 0.5) is 0 Å². The van der Waals surface area contributed by atoms with Gasteiger partial charge in [0.15, 0.2) is 11.5 Å². The molecular formula is C18H14N2O4. The Morgan fingerprint density at radius 3 is 2.71 bits per heavy atom. The highest BCUT2D eigenvalue weighted by Crippen LogP contribution is 2.33. The molecule has 0 aromatic heterocycles. The summed E-state index contributed by atoms with van der Waals surface area (Å²) in [4.78, 5) is 16.5. The molecule has 2 aromatic carbocycles. The van der Waals surface area contributed by atoms with E-state index < -0.39 is 0 Å². The first-order chi connectivity index (χ1) is 11.7. The number of benzene rings is 2. The Morgan fingerprint density at radius 2 is 1.92 bits per heavy atom. The molecule has 6 heteroatoms. The molecule has 2 heterocycles.